The van der Waals surface area contributed by atoms with Gasteiger partial charge in [-0.05, 0) is 40.9 Å². The van der Waals surface area contributed by atoms with Gasteiger partial charge in [0, 0.05) is 11.7 Å². The molecule has 0 fully saturated rings. The van der Waals surface area contributed by atoms with Gasteiger partial charge in [0.2, 0.25) is 0 Å². The molecule has 4 heteroatoms. The Hall–Kier alpha value is -1.03. The van der Waals surface area contributed by atoms with Crippen LogP contribution in [0, 0.1) is 0 Å². The third-order valence-electron chi connectivity index (χ3n) is 2.74. The number of anilines is 1. The zero-order valence-electron chi connectivity index (χ0n) is 10.3. The van der Waals surface area contributed by atoms with Gasteiger partial charge in [0.05, 0.1) is 10.0 Å². The molecular formula is C13H19BrN2O. The van der Waals surface area contributed by atoms with Gasteiger partial charge in [0.25, 0.3) is 5.91 Å². The van der Waals surface area contributed by atoms with Crippen molar-refractivity contribution < 1.29 is 4.79 Å². The average Bonchev–Trinajstić information content (AvgIpc) is 2.31. The standard InChI is InChI=1S/C13H19BrN2O/c1-3-6-9(4-2)16-13(17)10-7-5-8-11(15)12(10)14/h5,7-9H,3-4,6,15H2,1-2H3,(H,16,17). The van der Waals surface area contributed by atoms with E-state index in [1.165, 1.54) is 0 Å². The molecule has 3 nitrogen and oxygen atoms in total. The van der Waals surface area contributed by atoms with Crippen molar-refractivity contribution in [3.63, 3.8) is 0 Å². The SMILES string of the molecule is CCCC(CC)NC(=O)c1cccc(N)c1Br. The average molecular weight is 299 g/mol. The number of nitrogens with two attached hydrogens (primary N) is 1. The van der Waals surface area contributed by atoms with Gasteiger partial charge < -0.3 is 11.1 Å². The van der Waals surface area contributed by atoms with E-state index in [9.17, 15) is 4.79 Å². The summed E-state index contributed by atoms with van der Waals surface area (Å²) in [5.74, 6) is -0.0653. The Kier molecular flexibility index (Phi) is 5.48. The van der Waals surface area contributed by atoms with Gasteiger partial charge >= 0.3 is 0 Å². The first-order valence-electron chi connectivity index (χ1n) is 5.95. The molecule has 0 aromatic heterocycles. The molecule has 0 bridgehead atoms. The summed E-state index contributed by atoms with van der Waals surface area (Å²) in [6, 6.07) is 5.56. The molecule has 17 heavy (non-hydrogen) atoms. The lowest BCUT2D eigenvalue weighted by Crippen LogP contribution is -2.34. The minimum atomic E-state index is -0.0653. The number of nitrogens with one attached hydrogen (secondary N) is 1. The predicted molar refractivity (Wildman–Crippen MR) is 75.0 cm³/mol. The first kappa shape index (κ1) is 14.0. The predicted octanol–water partition coefficient (Wildman–Crippen LogP) is 3.34. The van der Waals surface area contributed by atoms with Gasteiger partial charge in [-0.3, -0.25) is 4.79 Å². The van der Waals surface area contributed by atoms with Crippen LogP contribution in [0.1, 0.15) is 43.5 Å². The van der Waals surface area contributed by atoms with Gasteiger partial charge in [-0.15, -0.1) is 0 Å². The van der Waals surface area contributed by atoms with Gasteiger partial charge in [-0.25, -0.2) is 0 Å². The van der Waals surface area contributed by atoms with Crippen molar-refractivity contribution in [2.45, 2.75) is 39.2 Å². The molecule has 0 saturated carbocycles. The molecule has 1 atom stereocenters. The lowest BCUT2D eigenvalue weighted by molar-refractivity contribution is 0.0933. The number of hydrogen-bond acceptors (Lipinski definition) is 2. The van der Waals surface area contributed by atoms with Crippen molar-refractivity contribution in [2.24, 2.45) is 0 Å². The Labute approximate surface area is 111 Å². The van der Waals surface area contributed by atoms with Crippen LogP contribution in [-0.4, -0.2) is 11.9 Å². The molecule has 0 spiro atoms. The third-order valence-corrected chi connectivity index (χ3v) is 3.62. The number of benzene rings is 1. The molecule has 0 aliphatic carbocycles. The zero-order valence-corrected chi connectivity index (χ0v) is 11.9. The van der Waals surface area contributed by atoms with Crippen molar-refractivity contribution in [3.05, 3.63) is 28.2 Å². The molecule has 1 aromatic rings. The minimum absolute atomic E-state index is 0.0653. The summed E-state index contributed by atoms with van der Waals surface area (Å²) in [7, 11) is 0. The molecule has 0 saturated heterocycles. The van der Waals surface area contributed by atoms with E-state index >= 15 is 0 Å². The van der Waals surface area contributed by atoms with Crippen LogP contribution in [-0.2, 0) is 0 Å². The number of carbonyl (C=O) groups excluding carboxylic acids is 1. The zero-order chi connectivity index (χ0) is 12.8. The molecule has 94 valence electrons. The molecule has 3 N–H and O–H groups in total. The van der Waals surface area contributed by atoms with E-state index in [4.69, 9.17) is 5.73 Å². The van der Waals surface area contributed by atoms with Crippen LogP contribution in [0.5, 0.6) is 0 Å². The molecule has 0 aliphatic heterocycles. The summed E-state index contributed by atoms with van der Waals surface area (Å²) in [6.45, 7) is 4.19. The summed E-state index contributed by atoms with van der Waals surface area (Å²) in [4.78, 5) is 12.1. The van der Waals surface area contributed by atoms with Gasteiger partial charge in [0.15, 0.2) is 0 Å². The van der Waals surface area contributed by atoms with Crippen LogP contribution in [0.15, 0.2) is 22.7 Å². The summed E-state index contributed by atoms with van der Waals surface area (Å²) >= 11 is 3.35. The van der Waals surface area contributed by atoms with E-state index in [1.54, 1.807) is 18.2 Å². The topological polar surface area (TPSA) is 55.1 Å². The van der Waals surface area contributed by atoms with E-state index < -0.39 is 0 Å². The maximum absolute atomic E-state index is 12.1. The van der Waals surface area contributed by atoms with Crippen LogP contribution >= 0.6 is 15.9 Å². The van der Waals surface area contributed by atoms with E-state index in [0.717, 1.165) is 19.3 Å². The van der Waals surface area contributed by atoms with E-state index in [-0.39, 0.29) is 11.9 Å². The molecule has 1 unspecified atom stereocenters. The molecular weight excluding hydrogens is 280 g/mol. The third kappa shape index (κ3) is 3.73. The monoisotopic (exact) mass is 298 g/mol. The number of amides is 1. The van der Waals surface area contributed by atoms with E-state index in [2.05, 4.69) is 35.1 Å². The minimum Gasteiger partial charge on any atom is -0.398 e. The van der Waals surface area contributed by atoms with E-state index in [1.807, 2.05) is 0 Å². The molecule has 0 radical (unpaired) electrons. The summed E-state index contributed by atoms with van der Waals surface area (Å²) in [6.07, 6.45) is 3.01. The van der Waals surface area contributed by atoms with Crippen molar-refractivity contribution >= 4 is 27.5 Å². The lowest BCUT2D eigenvalue weighted by Gasteiger charge is -2.16. The van der Waals surface area contributed by atoms with E-state index in [0.29, 0.717) is 15.7 Å². The first-order chi connectivity index (χ1) is 8.10. The van der Waals surface area contributed by atoms with Gasteiger partial charge in [-0.1, -0.05) is 26.3 Å². The number of halogens is 1. The van der Waals surface area contributed by atoms with Gasteiger partial charge in [-0.2, -0.15) is 0 Å². The lowest BCUT2D eigenvalue weighted by atomic mass is 10.1. The fourth-order valence-corrected chi connectivity index (χ4v) is 2.16. The summed E-state index contributed by atoms with van der Waals surface area (Å²) < 4.78 is 0.670. The number of carbonyl (C=O) groups is 1. The molecule has 1 rings (SSSR count). The molecule has 1 aromatic carbocycles. The number of rotatable bonds is 5. The van der Waals surface area contributed by atoms with Crippen LogP contribution in [0.25, 0.3) is 0 Å². The Morgan fingerprint density at radius 1 is 1.47 bits per heavy atom. The highest BCUT2D eigenvalue weighted by Crippen LogP contribution is 2.23. The maximum Gasteiger partial charge on any atom is 0.252 e. The highest BCUT2D eigenvalue weighted by Gasteiger charge is 2.14. The first-order valence-corrected chi connectivity index (χ1v) is 6.74. The number of nitrogen functional groups attached to an aromatic ring is 1. The molecule has 0 heterocycles. The largest absolute Gasteiger partial charge is 0.398 e. The van der Waals surface area contributed by atoms with Crippen LogP contribution in [0.3, 0.4) is 0 Å². The van der Waals surface area contributed by atoms with Crippen LogP contribution in [0.4, 0.5) is 5.69 Å². The number of hydrogen-bond donors (Lipinski definition) is 2. The fourth-order valence-electron chi connectivity index (χ4n) is 1.72. The van der Waals surface area contributed by atoms with Crippen molar-refractivity contribution in [2.75, 3.05) is 5.73 Å². The fraction of sp³-hybridized carbons (Fsp3) is 0.462. The van der Waals surface area contributed by atoms with Crippen LogP contribution < -0.4 is 11.1 Å². The normalized spacial score (nSPS) is 12.2. The van der Waals surface area contributed by atoms with Crippen molar-refractivity contribution in [3.8, 4) is 0 Å². The highest BCUT2D eigenvalue weighted by atomic mass is 79.9. The van der Waals surface area contributed by atoms with Crippen molar-refractivity contribution in [1.29, 1.82) is 0 Å². The molecule has 0 aliphatic rings. The van der Waals surface area contributed by atoms with Gasteiger partial charge in [0.1, 0.15) is 0 Å². The Morgan fingerprint density at radius 3 is 2.76 bits per heavy atom. The highest BCUT2D eigenvalue weighted by molar-refractivity contribution is 9.10. The Balaban J connectivity index is 2.79. The van der Waals surface area contributed by atoms with Crippen LogP contribution in [0.2, 0.25) is 0 Å². The Morgan fingerprint density at radius 2 is 2.18 bits per heavy atom. The second kappa shape index (κ2) is 6.64. The smallest absolute Gasteiger partial charge is 0.252 e. The second-order valence-electron chi connectivity index (χ2n) is 4.08. The Bertz CT molecular complexity index is 393. The maximum atomic E-state index is 12.1. The summed E-state index contributed by atoms with van der Waals surface area (Å²) in [5, 5.41) is 3.03. The summed E-state index contributed by atoms with van der Waals surface area (Å²) in [5.41, 5.74) is 6.93. The molecule has 1 amide bonds. The van der Waals surface area contributed by atoms with Crippen molar-refractivity contribution in [1.82, 2.24) is 5.32 Å². The second-order valence-corrected chi connectivity index (χ2v) is 4.87. The quantitative estimate of drug-likeness (QED) is 0.819.